The molecule has 1 heterocycles. The van der Waals surface area contributed by atoms with Crippen molar-refractivity contribution in [3.63, 3.8) is 0 Å². The molecule has 94 valence electrons. The van der Waals surface area contributed by atoms with Crippen LogP contribution in [0.15, 0.2) is 22.7 Å². The minimum atomic E-state index is -3.15. The Bertz CT molecular complexity index is 534. The Morgan fingerprint density at radius 3 is 2.65 bits per heavy atom. The molecule has 0 aliphatic carbocycles. The van der Waals surface area contributed by atoms with Gasteiger partial charge in [0.25, 0.3) is 0 Å². The Labute approximate surface area is 113 Å². The van der Waals surface area contributed by atoms with Crippen LogP contribution in [0.5, 0.6) is 0 Å². The minimum Gasteiger partial charge on any atom is -0.390 e. The van der Waals surface area contributed by atoms with E-state index in [4.69, 9.17) is 11.6 Å². The van der Waals surface area contributed by atoms with Gasteiger partial charge in [0.15, 0.2) is 9.84 Å². The van der Waals surface area contributed by atoms with Gasteiger partial charge in [0.1, 0.15) is 0 Å². The molecule has 2 rings (SSSR count). The van der Waals surface area contributed by atoms with E-state index in [0.717, 1.165) is 4.47 Å². The van der Waals surface area contributed by atoms with E-state index in [0.29, 0.717) is 10.7 Å². The highest BCUT2D eigenvalue weighted by Crippen LogP contribution is 2.28. The number of benzene rings is 1. The largest absolute Gasteiger partial charge is 0.390 e. The Morgan fingerprint density at radius 2 is 2.12 bits per heavy atom. The second kappa shape index (κ2) is 4.76. The van der Waals surface area contributed by atoms with Crippen LogP contribution in [0.25, 0.3) is 0 Å². The quantitative estimate of drug-likeness (QED) is 0.859. The van der Waals surface area contributed by atoms with Crippen molar-refractivity contribution in [3.8, 4) is 0 Å². The molecule has 2 atom stereocenters. The average Bonchev–Trinajstić information content (AvgIpc) is 2.44. The van der Waals surface area contributed by atoms with E-state index < -0.39 is 22.0 Å². The molecule has 0 bridgehead atoms. The van der Waals surface area contributed by atoms with Crippen molar-refractivity contribution in [2.24, 2.45) is 0 Å². The lowest BCUT2D eigenvalue weighted by molar-refractivity contribution is 0.190. The number of rotatable bonds is 2. The highest BCUT2D eigenvalue weighted by molar-refractivity contribution is 9.10. The van der Waals surface area contributed by atoms with E-state index in [-0.39, 0.29) is 11.5 Å². The summed E-state index contributed by atoms with van der Waals surface area (Å²) in [6.45, 7) is 0. The first-order valence-electron chi connectivity index (χ1n) is 4.97. The predicted molar refractivity (Wildman–Crippen MR) is 71.2 cm³/mol. The second-order valence-electron chi connectivity index (χ2n) is 4.02. The lowest BCUT2D eigenvalue weighted by atomic mass is 10.2. The molecule has 0 radical (unpaired) electrons. The first-order chi connectivity index (χ1) is 7.87. The van der Waals surface area contributed by atoms with E-state index >= 15 is 0 Å². The smallest absolute Gasteiger partial charge is 0.155 e. The van der Waals surface area contributed by atoms with Gasteiger partial charge in [-0.25, -0.2) is 8.42 Å². The van der Waals surface area contributed by atoms with Gasteiger partial charge in [0.2, 0.25) is 0 Å². The molecule has 4 nitrogen and oxygen atoms in total. The van der Waals surface area contributed by atoms with Gasteiger partial charge in [-0.15, -0.1) is 0 Å². The summed E-state index contributed by atoms with van der Waals surface area (Å²) in [5, 5.41) is 13.1. The molecule has 1 aromatic rings. The average molecular weight is 341 g/mol. The Hall–Kier alpha value is -0.300. The third-order valence-electron chi connectivity index (χ3n) is 2.59. The van der Waals surface area contributed by atoms with Gasteiger partial charge in [0, 0.05) is 4.47 Å². The SMILES string of the molecule is O=S1(=O)CC(O)C(Nc2ccc(Br)cc2Cl)C1. The molecule has 2 N–H and O–H groups in total. The summed E-state index contributed by atoms with van der Waals surface area (Å²) in [5.41, 5.74) is 0.621. The van der Waals surface area contributed by atoms with Crippen molar-refractivity contribution in [2.45, 2.75) is 12.1 Å². The summed E-state index contributed by atoms with van der Waals surface area (Å²) in [5.74, 6) is -0.265. The van der Waals surface area contributed by atoms with Crippen LogP contribution in [0.2, 0.25) is 5.02 Å². The second-order valence-corrected chi connectivity index (χ2v) is 7.50. The molecule has 1 fully saturated rings. The molecule has 0 saturated carbocycles. The fourth-order valence-electron chi connectivity index (χ4n) is 1.77. The van der Waals surface area contributed by atoms with Crippen molar-refractivity contribution in [1.82, 2.24) is 0 Å². The van der Waals surface area contributed by atoms with E-state index in [1.165, 1.54) is 0 Å². The zero-order valence-electron chi connectivity index (χ0n) is 8.73. The number of sulfone groups is 1. The topological polar surface area (TPSA) is 66.4 Å². The third kappa shape index (κ3) is 3.13. The first-order valence-corrected chi connectivity index (χ1v) is 7.97. The van der Waals surface area contributed by atoms with Crippen LogP contribution in [0, 0.1) is 0 Å². The van der Waals surface area contributed by atoms with Gasteiger partial charge in [-0.05, 0) is 18.2 Å². The van der Waals surface area contributed by atoms with E-state index in [2.05, 4.69) is 21.2 Å². The van der Waals surface area contributed by atoms with Crippen LogP contribution >= 0.6 is 27.5 Å². The maximum absolute atomic E-state index is 11.3. The Morgan fingerprint density at radius 1 is 1.41 bits per heavy atom. The summed E-state index contributed by atoms with van der Waals surface area (Å²) in [6.07, 6.45) is -0.889. The number of halogens is 2. The molecule has 2 unspecified atom stereocenters. The monoisotopic (exact) mass is 339 g/mol. The molecule has 0 spiro atoms. The van der Waals surface area contributed by atoms with Gasteiger partial charge in [-0.1, -0.05) is 27.5 Å². The van der Waals surface area contributed by atoms with Crippen LogP contribution in [0.4, 0.5) is 5.69 Å². The summed E-state index contributed by atoms with van der Waals surface area (Å²) in [7, 11) is -3.15. The van der Waals surface area contributed by atoms with Crippen LogP contribution in [0.3, 0.4) is 0 Å². The van der Waals surface area contributed by atoms with E-state index in [1.807, 2.05) is 0 Å². The molecule has 0 amide bonds. The highest BCUT2D eigenvalue weighted by Gasteiger charge is 2.36. The number of anilines is 1. The molecule has 1 aliphatic rings. The number of aliphatic hydroxyl groups is 1. The molecule has 1 aliphatic heterocycles. The zero-order valence-corrected chi connectivity index (χ0v) is 11.9. The van der Waals surface area contributed by atoms with Crippen molar-refractivity contribution < 1.29 is 13.5 Å². The lowest BCUT2D eigenvalue weighted by Crippen LogP contribution is -2.31. The summed E-state index contributed by atoms with van der Waals surface area (Å²) < 4.78 is 23.5. The van der Waals surface area contributed by atoms with Gasteiger partial charge in [-0.2, -0.15) is 0 Å². The van der Waals surface area contributed by atoms with E-state index in [1.54, 1.807) is 18.2 Å². The van der Waals surface area contributed by atoms with Crippen molar-refractivity contribution in [1.29, 1.82) is 0 Å². The normalized spacial score (nSPS) is 27.0. The zero-order chi connectivity index (χ0) is 12.6. The van der Waals surface area contributed by atoms with Gasteiger partial charge in [-0.3, -0.25) is 0 Å². The maximum atomic E-state index is 11.3. The van der Waals surface area contributed by atoms with Crippen molar-refractivity contribution >= 4 is 43.1 Å². The minimum absolute atomic E-state index is 0.0689. The Kier molecular flexibility index (Phi) is 3.68. The highest BCUT2D eigenvalue weighted by atomic mass is 79.9. The van der Waals surface area contributed by atoms with Crippen molar-refractivity contribution in [3.05, 3.63) is 27.7 Å². The number of hydrogen-bond acceptors (Lipinski definition) is 4. The fraction of sp³-hybridized carbons (Fsp3) is 0.400. The Balaban J connectivity index is 2.17. The van der Waals surface area contributed by atoms with Gasteiger partial charge < -0.3 is 10.4 Å². The lowest BCUT2D eigenvalue weighted by Gasteiger charge is -2.17. The van der Waals surface area contributed by atoms with E-state index in [9.17, 15) is 13.5 Å². The predicted octanol–water partition coefficient (Wildman–Crippen LogP) is 1.67. The molecule has 7 heteroatoms. The standard InChI is InChI=1S/C10H11BrClNO3S/c11-6-1-2-8(7(12)3-6)13-9-4-17(15,16)5-10(9)14/h1-3,9-10,13-14H,4-5H2. The van der Waals surface area contributed by atoms with Crippen molar-refractivity contribution in [2.75, 3.05) is 16.8 Å². The van der Waals surface area contributed by atoms with Crippen LogP contribution in [-0.2, 0) is 9.84 Å². The summed E-state index contributed by atoms with van der Waals surface area (Å²) in [6, 6.07) is 4.74. The van der Waals surface area contributed by atoms with Crippen LogP contribution in [0.1, 0.15) is 0 Å². The molecule has 17 heavy (non-hydrogen) atoms. The molecule has 1 saturated heterocycles. The molecule has 0 aromatic heterocycles. The third-order valence-corrected chi connectivity index (χ3v) is 5.12. The fourth-order valence-corrected chi connectivity index (χ4v) is 4.24. The summed E-state index contributed by atoms with van der Waals surface area (Å²) >= 11 is 9.28. The first kappa shape index (κ1) is 13.1. The van der Waals surface area contributed by atoms with Crippen LogP contribution in [-0.4, -0.2) is 37.2 Å². The molecular weight excluding hydrogens is 330 g/mol. The summed E-state index contributed by atoms with van der Waals surface area (Å²) in [4.78, 5) is 0. The maximum Gasteiger partial charge on any atom is 0.155 e. The van der Waals surface area contributed by atoms with Gasteiger partial charge >= 0.3 is 0 Å². The van der Waals surface area contributed by atoms with Crippen LogP contribution < -0.4 is 5.32 Å². The number of aliphatic hydroxyl groups excluding tert-OH is 1. The number of hydrogen-bond donors (Lipinski definition) is 2. The van der Waals surface area contributed by atoms with Gasteiger partial charge in [0.05, 0.1) is 34.4 Å². The molecule has 1 aromatic carbocycles. The number of nitrogens with one attached hydrogen (secondary N) is 1. The molecular formula is C10H11BrClNO3S.